The van der Waals surface area contributed by atoms with Gasteiger partial charge in [0.25, 0.3) is 5.69 Å². The molecule has 1 aliphatic heterocycles. The molecule has 0 saturated carbocycles. The fourth-order valence-electron chi connectivity index (χ4n) is 1.58. The summed E-state index contributed by atoms with van der Waals surface area (Å²) in [5, 5.41) is 10.5. The van der Waals surface area contributed by atoms with E-state index in [0.717, 1.165) is 0 Å². The molecule has 0 N–H and O–H groups in total. The smallest absolute Gasteiger partial charge is 0.428 e. The molecule has 1 aromatic rings. The van der Waals surface area contributed by atoms with Crippen molar-refractivity contribution in [2.45, 2.75) is 12.5 Å². The second-order valence-corrected chi connectivity index (χ2v) is 4.03. The summed E-state index contributed by atoms with van der Waals surface area (Å²) in [6, 6.07) is 5.13. The standard InChI is InChI=1S/C12H13NO7/c14-12(20-11-5-6-17-8-18-7-11)19-10-3-1-9(2-4-10)13(15)16/h1-4,11H,5-8H2/t11-/m1/s1. The lowest BCUT2D eigenvalue weighted by Crippen LogP contribution is -2.24. The molecule has 1 aromatic carbocycles. The van der Waals surface area contributed by atoms with Gasteiger partial charge in [0.15, 0.2) is 0 Å². The quantitative estimate of drug-likeness (QED) is 0.361. The fourth-order valence-corrected chi connectivity index (χ4v) is 1.58. The van der Waals surface area contributed by atoms with Crippen molar-refractivity contribution in [3.63, 3.8) is 0 Å². The van der Waals surface area contributed by atoms with Gasteiger partial charge in [-0.25, -0.2) is 4.79 Å². The molecule has 20 heavy (non-hydrogen) atoms. The first-order valence-electron chi connectivity index (χ1n) is 5.93. The van der Waals surface area contributed by atoms with Crippen molar-refractivity contribution in [1.82, 2.24) is 0 Å². The number of hydrogen-bond acceptors (Lipinski definition) is 7. The Morgan fingerprint density at radius 3 is 2.75 bits per heavy atom. The lowest BCUT2D eigenvalue weighted by atomic mass is 10.3. The Bertz CT molecular complexity index is 465. The number of carbonyl (C=O) groups excluding carboxylic acids is 1. The predicted octanol–water partition coefficient (Wildman–Crippen LogP) is 1.87. The molecule has 1 aliphatic rings. The second kappa shape index (κ2) is 6.83. The van der Waals surface area contributed by atoms with Crippen LogP contribution in [0, 0.1) is 10.1 Å². The van der Waals surface area contributed by atoms with E-state index < -0.39 is 17.2 Å². The molecule has 108 valence electrons. The highest BCUT2D eigenvalue weighted by atomic mass is 16.7. The molecule has 1 saturated heterocycles. The molecule has 0 amide bonds. The maximum absolute atomic E-state index is 11.5. The van der Waals surface area contributed by atoms with E-state index in [4.69, 9.17) is 18.9 Å². The molecular formula is C12H13NO7. The van der Waals surface area contributed by atoms with Gasteiger partial charge in [-0.2, -0.15) is 0 Å². The summed E-state index contributed by atoms with van der Waals surface area (Å²) in [4.78, 5) is 21.5. The first kappa shape index (κ1) is 14.2. The van der Waals surface area contributed by atoms with Crippen LogP contribution >= 0.6 is 0 Å². The molecule has 0 aromatic heterocycles. The normalized spacial score (nSPS) is 18.9. The zero-order valence-corrected chi connectivity index (χ0v) is 10.5. The fraction of sp³-hybridized carbons (Fsp3) is 0.417. The highest BCUT2D eigenvalue weighted by Gasteiger charge is 2.19. The largest absolute Gasteiger partial charge is 0.514 e. The third-order valence-corrected chi connectivity index (χ3v) is 2.57. The molecule has 0 aliphatic carbocycles. The van der Waals surface area contributed by atoms with Crippen LogP contribution in [0.1, 0.15) is 6.42 Å². The molecule has 0 radical (unpaired) electrons. The molecule has 8 nitrogen and oxygen atoms in total. The number of nitro groups is 1. The van der Waals surface area contributed by atoms with E-state index in [0.29, 0.717) is 13.0 Å². The summed E-state index contributed by atoms with van der Waals surface area (Å²) in [5.74, 6) is 0.173. The van der Waals surface area contributed by atoms with Crippen LogP contribution in [-0.4, -0.2) is 37.2 Å². The van der Waals surface area contributed by atoms with E-state index in [2.05, 4.69) is 0 Å². The third kappa shape index (κ3) is 4.18. The van der Waals surface area contributed by atoms with Gasteiger partial charge < -0.3 is 18.9 Å². The van der Waals surface area contributed by atoms with Crippen LogP contribution in [0.4, 0.5) is 10.5 Å². The maximum atomic E-state index is 11.5. The Labute approximate surface area is 114 Å². The van der Waals surface area contributed by atoms with Crippen molar-refractivity contribution >= 4 is 11.8 Å². The van der Waals surface area contributed by atoms with Crippen LogP contribution < -0.4 is 4.74 Å². The number of non-ortho nitro benzene ring substituents is 1. The number of nitrogens with zero attached hydrogens (tertiary/aromatic N) is 1. The van der Waals surface area contributed by atoms with Crippen molar-refractivity contribution in [3.8, 4) is 5.75 Å². The van der Waals surface area contributed by atoms with E-state index in [1.165, 1.54) is 24.3 Å². The van der Waals surface area contributed by atoms with Crippen LogP contribution in [0.5, 0.6) is 5.75 Å². The number of nitro benzene ring substituents is 1. The van der Waals surface area contributed by atoms with Crippen molar-refractivity contribution in [2.75, 3.05) is 20.0 Å². The van der Waals surface area contributed by atoms with E-state index in [-0.39, 0.29) is 24.8 Å². The number of benzene rings is 1. The zero-order chi connectivity index (χ0) is 14.4. The SMILES string of the molecule is O=C(Oc1ccc([N+](=O)[O-])cc1)O[C@@H]1CCOCOC1. The number of hydrogen-bond donors (Lipinski definition) is 0. The first-order valence-corrected chi connectivity index (χ1v) is 5.93. The lowest BCUT2D eigenvalue weighted by molar-refractivity contribution is -0.384. The van der Waals surface area contributed by atoms with Crippen molar-refractivity contribution in [2.24, 2.45) is 0 Å². The van der Waals surface area contributed by atoms with E-state index >= 15 is 0 Å². The van der Waals surface area contributed by atoms with Gasteiger partial charge in [-0.05, 0) is 12.1 Å². The third-order valence-electron chi connectivity index (χ3n) is 2.57. The predicted molar refractivity (Wildman–Crippen MR) is 65.4 cm³/mol. The minimum absolute atomic E-state index is 0.0833. The van der Waals surface area contributed by atoms with Gasteiger partial charge in [-0.3, -0.25) is 10.1 Å². The Balaban J connectivity index is 1.85. The second-order valence-electron chi connectivity index (χ2n) is 4.03. The topological polar surface area (TPSA) is 97.1 Å². The minimum Gasteiger partial charge on any atom is -0.428 e. The molecule has 8 heteroatoms. The maximum Gasteiger partial charge on any atom is 0.514 e. The average molecular weight is 283 g/mol. The number of ether oxygens (including phenoxy) is 4. The van der Waals surface area contributed by atoms with E-state index in [1.54, 1.807) is 0 Å². The monoisotopic (exact) mass is 283 g/mol. The molecule has 0 spiro atoms. The highest BCUT2D eigenvalue weighted by Crippen LogP contribution is 2.18. The molecular weight excluding hydrogens is 270 g/mol. The van der Waals surface area contributed by atoms with Gasteiger partial charge in [0.1, 0.15) is 18.6 Å². The van der Waals surface area contributed by atoms with E-state index in [9.17, 15) is 14.9 Å². The molecule has 1 atom stereocenters. The van der Waals surface area contributed by atoms with Crippen LogP contribution in [0.15, 0.2) is 24.3 Å². The van der Waals surface area contributed by atoms with Gasteiger partial charge in [-0.1, -0.05) is 0 Å². The van der Waals surface area contributed by atoms with Gasteiger partial charge in [0.2, 0.25) is 0 Å². The Morgan fingerprint density at radius 1 is 1.30 bits per heavy atom. The Hall–Kier alpha value is -2.19. The molecule has 2 rings (SSSR count). The zero-order valence-electron chi connectivity index (χ0n) is 10.5. The first-order chi connectivity index (χ1) is 9.65. The van der Waals surface area contributed by atoms with Crippen LogP contribution in [0.2, 0.25) is 0 Å². The lowest BCUT2D eigenvalue weighted by Gasteiger charge is -2.13. The Kier molecular flexibility index (Phi) is 4.85. The van der Waals surface area contributed by atoms with Crippen molar-refractivity contribution in [3.05, 3.63) is 34.4 Å². The van der Waals surface area contributed by atoms with Crippen LogP contribution in [0.3, 0.4) is 0 Å². The van der Waals surface area contributed by atoms with Gasteiger partial charge >= 0.3 is 6.16 Å². The van der Waals surface area contributed by atoms with Crippen LogP contribution in [0.25, 0.3) is 0 Å². The van der Waals surface area contributed by atoms with Gasteiger partial charge in [0, 0.05) is 18.6 Å². The van der Waals surface area contributed by atoms with Crippen LogP contribution in [-0.2, 0) is 14.2 Å². The summed E-state index contributed by atoms with van der Waals surface area (Å²) in [5.41, 5.74) is -0.0833. The molecule has 1 fully saturated rings. The van der Waals surface area contributed by atoms with E-state index in [1.807, 2.05) is 0 Å². The summed E-state index contributed by atoms with van der Waals surface area (Å²) in [7, 11) is 0. The summed E-state index contributed by atoms with van der Waals surface area (Å²) < 4.78 is 20.1. The van der Waals surface area contributed by atoms with Gasteiger partial charge in [-0.15, -0.1) is 0 Å². The summed E-state index contributed by atoms with van der Waals surface area (Å²) in [6.07, 6.45) is -0.785. The number of rotatable bonds is 3. The summed E-state index contributed by atoms with van der Waals surface area (Å²) >= 11 is 0. The summed E-state index contributed by atoms with van der Waals surface area (Å²) in [6.45, 7) is 0.863. The molecule has 1 heterocycles. The average Bonchev–Trinajstić information content (AvgIpc) is 2.68. The van der Waals surface area contributed by atoms with Crippen molar-refractivity contribution in [1.29, 1.82) is 0 Å². The highest BCUT2D eigenvalue weighted by molar-refractivity contribution is 5.64. The molecule has 0 bridgehead atoms. The Morgan fingerprint density at radius 2 is 2.05 bits per heavy atom. The minimum atomic E-state index is -0.880. The number of carbonyl (C=O) groups is 1. The van der Waals surface area contributed by atoms with Crippen molar-refractivity contribution < 1.29 is 28.7 Å². The molecule has 0 unspecified atom stereocenters. The van der Waals surface area contributed by atoms with Gasteiger partial charge in [0.05, 0.1) is 18.1 Å².